The monoisotopic (exact) mass is 590 g/mol. The van der Waals surface area contributed by atoms with Gasteiger partial charge in [0, 0.05) is 17.3 Å². The Morgan fingerprint density at radius 3 is 2.30 bits per heavy atom. The van der Waals surface area contributed by atoms with Gasteiger partial charge in [0.2, 0.25) is 5.91 Å². The number of amides is 1. The Kier molecular flexibility index (Phi) is 10.2. The molecule has 0 spiro atoms. The Bertz CT molecular complexity index is 1310. The van der Waals surface area contributed by atoms with E-state index in [4.69, 9.17) is 23.2 Å². The quantitative estimate of drug-likeness (QED) is 0.254. The highest BCUT2D eigenvalue weighted by molar-refractivity contribution is 7.98. The van der Waals surface area contributed by atoms with E-state index in [0.717, 1.165) is 29.2 Å². The van der Waals surface area contributed by atoms with Crippen molar-refractivity contribution < 1.29 is 26.4 Å². The molecular formula is C25H23Cl2F3N2O3S2. The van der Waals surface area contributed by atoms with Crippen LogP contribution in [0.3, 0.4) is 0 Å². The second-order valence-electron chi connectivity index (χ2n) is 7.87. The number of rotatable bonds is 11. The van der Waals surface area contributed by atoms with Gasteiger partial charge < -0.3 is 5.32 Å². The molecule has 0 unspecified atom stereocenters. The molecule has 0 saturated heterocycles. The van der Waals surface area contributed by atoms with E-state index in [1.165, 1.54) is 24.3 Å². The van der Waals surface area contributed by atoms with Crippen molar-refractivity contribution in [1.29, 1.82) is 0 Å². The Labute approximate surface area is 228 Å². The van der Waals surface area contributed by atoms with Crippen molar-refractivity contribution in [3.8, 4) is 0 Å². The standard InChI is InChI=1S/C25H23Cl2F3N2O3S2/c26-19-9-7-18(8-10-19)17-36-14-4-13-31-24(33)16-32(37(34,35)21-5-2-1-3-6-21)20-11-12-23(27)22(15-20)25(28,29)30/h1-3,5-12,15H,4,13-14,16-17H2,(H,31,33). The van der Waals surface area contributed by atoms with Crippen LogP contribution in [-0.4, -0.2) is 33.2 Å². The molecule has 1 amide bonds. The fourth-order valence-electron chi connectivity index (χ4n) is 3.28. The molecule has 0 aliphatic rings. The van der Waals surface area contributed by atoms with Gasteiger partial charge in [-0.25, -0.2) is 8.42 Å². The number of carbonyl (C=O) groups is 1. The van der Waals surface area contributed by atoms with E-state index in [0.29, 0.717) is 21.8 Å². The van der Waals surface area contributed by atoms with Gasteiger partial charge in [0.15, 0.2) is 0 Å². The van der Waals surface area contributed by atoms with Crippen LogP contribution in [0, 0.1) is 0 Å². The van der Waals surface area contributed by atoms with Gasteiger partial charge in [-0.05, 0) is 60.2 Å². The molecule has 0 radical (unpaired) electrons. The maximum atomic E-state index is 13.4. The summed E-state index contributed by atoms with van der Waals surface area (Å²) in [5, 5.41) is 2.73. The summed E-state index contributed by atoms with van der Waals surface area (Å²) in [6, 6.07) is 17.4. The first-order valence-corrected chi connectivity index (χ1v) is 14.4. The normalized spacial score (nSPS) is 11.8. The van der Waals surface area contributed by atoms with Gasteiger partial charge in [0.05, 0.1) is 21.2 Å². The summed E-state index contributed by atoms with van der Waals surface area (Å²) in [7, 11) is -4.35. The number of thioether (sulfide) groups is 1. The van der Waals surface area contributed by atoms with E-state index >= 15 is 0 Å². The van der Waals surface area contributed by atoms with Gasteiger partial charge in [0.25, 0.3) is 10.0 Å². The van der Waals surface area contributed by atoms with Gasteiger partial charge in [-0.2, -0.15) is 24.9 Å². The summed E-state index contributed by atoms with van der Waals surface area (Å²) in [5.41, 5.74) is -0.409. The highest BCUT2D eigenvalue weighted by atomic mass is 35.5. The fraction of sp³-hybridized carbons (Fsp3) is 0.240. The van der Waals surface area contributed by atoms with Crippen LogP contribution in [0.1, 0.15) is 17.5 Å². The van der Waals surface area contributed by atoms with E-state index in [1.54, 1.807) is 17.8 Å². The molecule has 0 saturated carbocycles. The number of benzene rings is 3. The van der Waals surface area contributed by atoms with Crippen LogP contribution in [0.15, 0.2) is 77.7 Å². The SMILES string of the molecule is O=C(CN(c1ccc(Cl)c(C(F)(F)F)c1)S(=O)(=O)c1ccccc1)NCCCSCc1ccc(Cl)cc1. The third kappa shape index (κ3) is 8.29. The molecule has 3 rings (SSSR count). The van der Waals surface area contributed by atoms with Crippen molar-refractivity contribution in [1.82, 2.24) is 5.32 Å². The van der Waals surface area contributed by atoms with E-state index in [-0.39, 0.29) is 17.1 Å². The lowest BCUT2D eigenvalue weighted by Crippen LogP contribution is -2.41. The largest absolute Gasteiger partial charge is 0.417 e. The minimum Gasteiger partial charge on any atom is -0.354 e. The van der Waals surface area contributed by atoms with Crippen molar-refractivity contribution in [3.05, 3.63) is 94.0 Å². The molecule has 3 aromatic rings. The Hall–Kier alpha value is -2.40. The molecule has 12 heteroatoms. The van der Waals surface area contributed by atoms with Crippen molar-refractivity contribution in [2.75, 3.05) is 23.1 Å². The first-order valence-electron chi connectivity index (χ1n) is 11.0. The molecule has 0 fully saturated rings. The zero-order chi connectivity index (χ0) is 27.1. The van der Waals surface area contributed by atoms with Crippen LogP contribution >= 0.6 is 35.0 Å². The molecule has 1 N–H and O–H groups in total. The molecule has 198 valence electrons. The van der Waals surface area contributed by atoms with Crippen LogP contribution < -0.4 is 9.62 Å². The molecule has 37 heavy (non-hydrogen) atoms. The molecule has 0 bridgehead atoms. The highest BCUT2D eigenvalue weighted by Crippen LogP contribution is 2.38. The second kappa shape index (κ2) is 12.9. The van der Waals surface area contributed by atoms with E-state index < -0.39 is 39.2 Å². The summed E-state index contributed by atoms with van der Waals surface area (Å²) >= 11 is 13.2. The third-order valence-corrected chi connectivity index (χ3v) is 8.62. The number of carbonyl (C=O) groups excluding carboxylic acids is 1. The molecule has 3 aromatic carbocycles. The highest BCUT2D eigenvalue weighted by Gasteiger charge is 2.35. The molecular weight excluding hydrogens is 568 g/mol. The average molecular weight is 592 g/mol. The van der Waals surface area contributed by atoms with Crippen LogP contribution in [0.5, 0.6) is 0 Å². The zero-order valence-electron chi connectivity index (χ0n) is 19.3. The lowest BCUT2D eigenvalue weighted by atomic mass is 10.2. The lowest BCUT2D eigenvalue weighted by Gasteiger charge is -2.25. The smallest absolute Gasteiger partial charge is 0.354 e. The maximum absolute atomic E-state index is 13.4. The number of nitrogens with zero attached hydrogens (tertiary/aromatic N) is 1. The summed E-state index contributed by atoms with van der Waals surface area (Å²) in [5.74, 6) is 0.860. The van der Waals surface area contributed by atoms with Crippen molar-refractivity contribution >= 4 is 56.6 Å². The van der Waals surface area contributed by atoms with E-state index in [9.17, 15) is 26.4 Å². The third-order valence-electron chi connectivity index (χ3n) is 5.13. The number of hydrogen-bond acceptors (Lipinski definition) is 4. The van der Waals surface area contributed by atoms with Crippen molar-refractivity contribution in [2.45, 2.75) is 23.2 Å². The lowest BCUT2D eigenvalue weighted by molar-refractivity contribution is -0.137. The summed E-state index contributed by atoms with van der Waals surface area (Å²) in [6.07, 6.45) is -4.18. The predicted molar refractivity (Wildman–Crippen MR) is 143 cm³/mol. The molecule has 0 heterocycles. The molecule has 0 aliphatic carbocycles. The molecule has 0 atom stereocenters. The Morgan fingerprint density at radius 1 is 0.973 bits per heavy atom. The summed E-state index contributed by atoms with van der Waals surface area (Å²) in [6.45, 7) is -0.422. The zero-order valence-corrected chi connectivity index (χ0v) is 22.5. The van der Waals surface area contributed by atoms with Crippen LogP contribution in [0.25, 0.3) is 0 Å². The molecule has 0 aromatic heterocycles. The van der Waals surface area contributed by atoms with Crippen molar-refractivity contribution in [2.24, 2.45) is 0 Å². The number of hydrogen-bond donors (Lipinski definition) is 1. The summed E-state index contributed by atoms with van der Waals surface area (Å²) in [4.78, 5) is 12.5. The molecule has 5 nitrogen and oxygen atoms in total. The molecule has 0 aliphatic heterocycles. The average Bonchev–Trinajstić information content (AvgIpc) is 2.86. The van der Waals surface area contributed by atoms with Crippen LogP contribution in [0.4, 0.5) is 18.9 Å². The minimum absolute atomic E-state index is 0.162. The van der Waals surface area contributed by atoms with Crippen LogP contribution in [0.2, 0.25) is 10.0 Å². The van der Waals surface area contributed by atoms with Gasteiger partial charge in [-0.1, -0.05) is 53.5 Å². The van der Waals surface area contributed by atoms with Crippen LogP contribution in [-0.2, 0) is 26.7 Å². The van der Waals surface area contributed by atoms with E-state index in [2.05, 4.69) is 5.32 Å². The Morgan fingerprint density at radius 2 is 1.65 bits per heavy atom. The van der Waals surface area contributed by atoms with Gasteiger partial charge in [-0.3, -0.25) is 9.10 Å². The predicted octanol–water partition coefficient (Wildman–Crippen LogP) is 6.65. The number of nitrogens with one attached hydrogen (secondary N) is 1. The fourth-order valence-corrected chi connectivity index (χ4v) is 5.98. The maximum Gasteiger partial charge on any atom is 0.417 e. The Balaban J connectivity index is 1.68. The number of anilines is 1. The van der Waals surface area contributed by atoms with Gasteiger partial charge in [0.1, 0.15) is 6.54 Å². The van der Waals surface area contributed by atoms with Gasteiger partial charge >= 0.3 is 6.18 Å². The first-order chi connectivity index (χ1) is 17.5. The summed E-state index contributed by atoms with van der Waals surface area (Å²) < 4.78 is 67.5. The van der Waals surface area contributed by atoms with Gasteiger partial charge in [-0.15, -0.1) is 0 Å². The number of alkyl halides is 3. The second-order valence-corrected chi connectivity index (χ2v) is 11.7. The first kappa shape index (κ1) is 29.2. The van der Waals surface area contributed by atoms with E-state index in [1.807, 2.05) is 24.3 Å². The number of halogens is 5. The number of sulfonamides is 1. The minimum atomic E-state index is -4.80. The van der Waals surface area contributed by atoms with Crippen molar-refractivity contribution in [3.63, 3.8) is 0 Å². The topological polar surface area (TPSA) is 66.5 Å².